The molecule has 5 heteroatoms. The van der Waals surface area contributed by atoms with Crippen molar-refractivity contribution in [3.8, 4) is 0 Å². The summed E-state index contributed by atoms with van der Waals surface area (Å²) >= 11 is 0. The molecule has 1 heterocycles. The Morgan fingerprint density at radius 2 is 1.95 bits per heavy atom. The van der Waals surface area contributed by atoms with Crippen molar-refractivity contribution in [2.45, 2.75) is 77.4 Å². The minimum Gasteiger partial charge on any atom is -0.329 e. The summed E-state index contributed by atoms with van der Waals surface area (Å²) in [7, 11) is 0. The number of hydrogen-bond donors (Lipinski definition) is 1. The van der Waals surface area contributed by atoms with E-state index in [1.807, 2.05) is 4.68 Å². The van der Waals surface area contributed by atoms with Crippen LogP contribution in [0.2, 0.25) is 0 Å². The number of nitrogens with two attached hydrogens (primary N) is 1. The van der Waals surface area contributed by atoms with Gasteiger partial charge in [-0.05, 0) is 25.8 Å². The van der Waals surface area contributed by atoms with Gasteiger partial charge in [0.2, 0.25) is 0 Å². The first-order valence-electron chi connectivity index (χ1n) is 8.57. The third-order valence-electron chi connectivity index (χ3n) is 4.93. The first-order chi connectivity index (χ1) is 10.3. The van der Waals surface area contributed by atoms with Gasteiger partial charge in [-0.1, -0.05) is 39.5 Å². The lowest BCUT2D eigenvalue weighted by atomic mass is 9.88. The van der Waals surface area contributed by atoms with Crippen LogP contribution < -0.4 is 5.73 Å². The molecule has 2 rings (SSSR count). The minimum absolute atomic E-state index is 0.161. The monoisotopic (exact) mass is 293 g/mol. The smallest absolute Gasteiger partial charge is 0.141 e. The van der Waals surface area contributed by atoms with Crippen molar-refractivity contribution in [2.75, 3.05) is 13.1 Å². The molecule has 1 aromatic heterocycles. The molecule has 5 nitrogen and oxygen atoms in total. The molecule has 0 bridgehead atoms. The summed E-state index contributed by atoms with van der Waals surface area (Å²) in [5.74, 6) is 1.08. The summed E-state index contributed by atoms with van der Waals surface area (Å²) in [6, 6.07) is 0. The molecule has 0 spiro atoms. The summed E-state index contributed by atoms with van der Waals surface area (Å²) in [5.41, 5.74) is 6.39. The summed E-state index contributed by atoms with van der Waals surface area (Å²) in [6.45, 7) is 8.01. The highest BCUT2D eigenvalue weighted by molar-refractivity contribution is 4.96. The molecule has 0 atom stereocenters. The second-order valence-electron chi connectivity index (χ2n) is 6.26. The van der Waals surface area contributed by atoms with Gasteiger partial charge in [0.1, 0.15) is 12.2 Å². The lowest BCUT2D eigenvalue weighted by Crippen LogP contribution is -2.53. The van der Waals surface area contributed by atoms with Gasteiger partial charge in [-0.3, -0.25) is 4.90 Å². The Bertz CT molecular complexity index is 407. The van der Waals surface area contributed by atoms with Crippen LogP contribution in [0.4, 0.5) is 0 Å². The molecule has 21 heavy (non-hydrogen) atoms. The Labute approximate surface area is 128 Å². The van der Waals surface area contributed by atoms with Gasteiger partial charge in [0.25, 0.3) is 0 Å². The zero-order valence-electron chi connectivity index (χ0n) is 13.7. The summed E-state index contributed by atoms with van der Waals surface area (Å²) in [5, 5.41) is 4.35. The third-order valence-corrected chi connectivity index (χ3v) is 4.93. The van der Waals surface area contributed by atoms with E-state index in [-0.39, 0.29) is 5.54 Å². The highest BCUT2D eigenvalue weighted by atomic mass is 15.4. The average molecular weight is 293 g/mol. The average Bonchev–Trinajstić information content (AvgIpc) is 2.80. The van der Waals surface area contributed by atoms with Crippen molar-refractivity contribution < 1.29 is 0 Å². The number of hydrogen-bond acceptors (Lipinski definition) is 4. The van der Waals surface area contributed by atoms with E-state index < -0.39 is 0 Å². The molecule has 120 valence electrons. The maximum absolute atomic E-state index is 6.23. The zero-order chi connectivity index (χ0) is 15.1. The molecule has 1 aliphatic carbocycles. The van der Waals surface area contributed by atoms with Crippen LogP contribution >= 0.6 is 0 Å². The Morgan fingerprint density at radius 1 is 1.24 bits per heavy atom. The molecule has 0 saturated heterocycles. The normalized spacial score (nSPS) is 18.9. The molecular formula is C16H31N5. The van der Waals surface area contributed by atoms with E-state index in [2.05, 4.69) is 28.8 Å². The molecular weight excluding hydrogens is 262 g/mol. The number of aromatic nitrogens is 3. The molecule has 0 amide bonds. The quantitative estimate of drug-likeness (QED) is 0.785. The molecule has 1 aromatic rings. The number of aryl methyl sites for hydroxylation is 1. The van der Waals surface area contributed by atoms with E-state index in [0.29, 0.717) is 0 Å². The Balaban J connectivity index is 2.14. The van der Waals surface area contributed by atoms with Crippen molar-refractivity contribution in [3.63, 3.8) is 0 Å². The van der Waals surface area contributed by atoms with E-state index in [1.165, 1.54) is 38.5 Å². The fourth-order valence-electron chi connectivity index (χ4n) is 3.63. The highest BCUT2D eigenvalue weighted by Crippen LogP contribution is 2.32. The van der Waals surface area contributed by atoms with E-state index in [9.17, 15) is 0 Å². The van der Waals surface area contributed by atoms with Crippen molar-refractivity contribution in [2.24, 2.45) is 5.73 Å². The van der Waals surface area contributed by atoms with Crippen LogP contribution in [0.15, 0.2) is 6.33 Å². The molecule has 0 aromatic carbocycles. The van der Waals surface area contributed by atoms with Gasteiger partial charge in [0.05, 0.1) is 6.54 Å². The maximum Gasteiger partial charge on any atom is 0.141 e. The van der Waals surface area contributed by atoms with Gasteiger partial charge in [0.15, 0.2) is 0 Å². The van der Waals surface area contributed by atoms with Crippen LogP contribution in [0.5, 0.6) is 0 Å². The van der Waals surface area contributed by atoms with Gasteiger partial charge in [-0.25, -0.2) is 9.67 Å². The predicted octanol–water partition coefficient (Wildman–Crippen LogP) is 2.56. The zero-order valence-corrected chi connectivity index (χ0v) is 13.7. The Morgan fingerprint density at radius 3 is 2.52 bits per heavy atom. The standard InChI is InChI=1S/C16H31N5/c1-3-11-21-15(18-14-19-21)12-20(4-2)16(13-17)9-7-5-6-8-10-16/h14H,3-13,17H2,1-2H3. The number of rotatable bonds is 7. The van der Waals surface area contributed by atoms with Gasteiger partial charge < -0.3 is 5.73 Å². The van der Waals surface area contributed by atoms with Crippen LogP contribution in [-0.2, 0) is 13.1 Å². The third kappa shape index (κ3) is 3.83. The maximum atomic E-state index is 6.23. The molecule has 1 aliphatic rings. The minimum atomic E-state index is 0.161. The van der Waals surface area contributed by atoms with Crippen LogP contribution in [-0.4, -0.2) is 38.3 Å². The van der Waals surface area contributed by atoms with Crippen molar-refractivity contribution in [1.29, 1.82) is 0 Å². The number of nitrogens with zero attached hydrogens (tertiary/aromatic N) is 4. The van der Waals surface area contributed by atoms with Gasteiger partial charge >= 0.3 is 0 Å². The fraction of sp³-hybridized carbons (Fsp3) is 0.875. The number of likely N-dealkylation sites (N-methyl/N-ethyl adjacent to an activating group) is 1. The molecule has 0 aliphatic heterocycles. The molecule has 0 unspecified atom stereocenters. The van der Waals surface area contributed by atoms with E-state index >= 15 is 0 Å². The van der Waals surface area contributed by atoms with Gasteiger partial charge in [0, 0.05) is 18.6 Å². The second-order valence-corrected chi connectivity index (χ2v) is 6.26. The van der Waals surface area contributed by atoms with Crippen LogP contribution in [0.3, 0.4) is 0 Å². The first kappa shape index (κ1) is 16.4. The fourth-order valence-corrected chi connectivity index (χ4v) is 3.63. The molecule has 0 radical (unpaired) electrons. The van der Waals surface area contributed by atoms with E-state index in [0.717, 1.165) is 38.4 Å². The summed E-state index contributed by atoms with van der Waals surface area (Å²) in [6.07, 6.45) is 10.5. The summed E-state index contributed by atoms with van der Waals surface area (Å²) in [4.78, 5) is 7.03. The SMILES string of the molecule is CCCn1ncnc1CN(CC)C1(CN)CCCCCC1. The van der Waals surface area contributed by atoms with Crippen LogP contribution in [0.25, 0.3) is 0 Å². The Hall–Kier alpha value is -0.940. The summed E-state index contributed by atoms with van der Waals surface area (Å²) < 4.78 is 2.05. The van der Waals surface area contributed by atoms with Crippen LogP contribution in [0, 0.1) is 0 Å². The molecule has 1 fully saturated rings. The topological polar surface area (TPSA) is 60.0 Å². The van der Waals surface area contributed by atoms with E-state index in [4.69, 9.17) is 5.73 Å². The predicted molar refractivity (Wildman–Crippen MR) is 85.9 cm³/mol. The second kappa shape index (κ2) is 7.90. The molecule has 2 N–H and O–H groups in total. The van der Waals surface area contributed by atoms with Crippen LogP contribution in [0.1, 0.15) is 64.6 Å². The largest absolute Gasteiger partial charge is 0.329 e. The lowest BCUT2D eigenvalue weighted by Gasteiger charge is -2.42. The van der Waals surface area contributed by atoms with E-state index in [1.54, 1.807) is 6.33 Å². The van der Waals surface area contributed by atoms with Gasteiger partial charge in [-0.2, -0.15) is 5.10 Å². The van der Waals surface area contributed by atoms with Crippen molar-refractivity contribution in [1.82, 2.24) is 19.7 Å². The van der Waals surface area contributed by atoms with Crippen molar-refractivity contribution in [3.05, 3.63) is 12.2 Å². The lowest BCUT2D eigenvalue weighted by molar-refractivity contribution is 0.0714. The van der Waals surface area contributed by atoms with Crippen molar-refractivity contribution >= 4 is 0 Å². The molecule has 1 saturated carbocycles. The highest BCUT2D eigenvalue weighted by Gasteiger charge is 2.35. The Kier molecular flexibility index (Phi) is 6.18. The first-order valence-corrected chi connectivity index (χ1v) is 8.57. The van der Waals surface area contributed by atoms with Gasteiger partial charge in [-0.15, -0.1) is 0 Å².